The van der Waals surface area contributed by atoms with E-state index in [4.69, 9.17) is 4.52 Å². The molecule has 0 bridgehead atoms. The predicted molar refractivity (Wildman–Crippen MR) is 92.3 cm³/mol. The summed E-state index contributed by atoms with van der Waals surface area (Å²) in [7, 11) is 1.92. The van der Waals surface area contributed by atoms with Gasteiger partial charge in [0.05, 0.1) is 23.2 Å². The summed E-state index contributed by atoms with van der Waals surface area (Å²) in [6, 6.07) is 10.6. The van der Waals surface area contributed by atoms with Crippen molar-refractivity contribution < 1.29 is 9.32 Å². The summed E-state index contributed by atoms with van der Waals surface area (Å²) in [5.74, 6) is 2.15. The molecule has 1 unspecified atom stereocenters. The van der Waals surface area contributed by atoms with E-state index in [0.29, 0.717) is 11.5 Å². The molecule has 23 heavy (non-hydrogen) atoms. The summed E-state index contributed by atoms with van der Waals surface area (Å²) in [5.41, 5.74) is 3.57. The Labute approximate surface area is 141 Å². The number of hydrogen-bond acceptors (Lipinski definition) is 4. The molecule has 4 nitrogen and oxygen atoms in total. The molecule has 0 aliphatic heterocycles. The minimum Gasteiger partial charge on any atom is -0.360 e. The van der Waals surface area contributed by atoms with Crippen molar-refractivity contribution in [2.75, 3.05) is 12.8 Å². The van der Waals surface area contributed by atoms with Gasteiger partial charge in [-0.25, -0.2) is 0 Å². The number of nitrogens with zero attached hydrogens (tertiary/aromatic N) is 2. The van der Waals surface area contributed by atoms with Crippen LogP contribution < -0.4 is 0 Å². The second-order valence-electron chi connectivity index (χ2n) is 6.04. The van der Waals surface area contributed by atoms with Crippen molar-refractivity contribution in [3.63, 3.8) is 0 Å². The summed E-state index contributed by atoms with van der Waals surface area (Å²) >= 11 is 1.58. The third-order valence-corrected chi connectivity index (χ3v) is 5.29. The highest BCUT2D eigenvalue weighted by Gasteiger charge is 2.26. The van der Waals surface area contributed by atoms with Crippen LogP contribution in [0, 0.1) is 6.92 Å². The number of aryl methyl sites for hydroxylation is 2. The molecule has 0 spiro atoms. The van der Waals surface area contributed by atoms with Crippen LogP contribution in [0.5, 0.6) is 0 Å². The average Bonchev–Trinajstić information content (AvgIpc) is 2.99. The van der Waals surface area contributed by atoms with Crippen LogP contribution in [0.2, 0.25) is 0 Å². The number of rotatable bonds is 5. The predicted octanol–water partition coefficient (Wildman–Crippen LogP) is 3.75. The van der Waals surface area contributed by atoms with E-state index >= 15 is 0 Å². The minimum absolute atomic E-state index is 0.174. The monoisotopic (exact) mass is 330 g/mol. The second kappa shape index (κ2) is 7.21. The first-order valence-electron chi connectivity index (χ1n) is 7.98. The number of hydrogen-bond donors (Lipinski definition) is 0. The number of carbonyl (C=O) groups excluding carboxylic acids is 1. The fourth-order valence-electron chi connectivity index (χ4n) is 3.13. The molecular formula is C18H22N2O2S. The second-order valence-corrected chi connectivity index (χ2v) is 7.02. The number of thioether (sulfide) groups is 1. The van der Waals surface area contributed by atoms with Crippen molar-refractivity contribution in [3.05, 3.63) is 52.9 Å². The van der Waals surface area contributed by atoms with E-state index < -0.39 is 0 Å². The molecule has 122 valence electrons. The van der Waals surface area contributed by atoms with Crippen LogP contribution in [0.25, 0.3) is 0 Å². The topological polar surface area (TPSA) is 46.3 Å². The lowest BCUT2D eigenvalue weighted by Crippen LogP contribution is -2.34. The molecule has 1 aliphatic rings. The third-order valence-electron chi connectivity index (χ3n) is 4.35. The Morgan fingerprint density at radius 3 is 3.04 bits per heavy atom. The van der Waals surface area contributed by atoms with Gasteiger partial charge in [-0.2, -0.15) is 0 Å². The fraction of sp³-hybridized carbons (Fsp3) is 0.444. The molecule has 3 rings (SSSR count). The van der Waals surface area contributed by atoms with E-state index in [2.05, 4.69) is 29.4 Å². The zero-order valence-electron chi connectivity index (χ0n) is 13.6. The molecule has 1 aliphatic carbocycles. The summed E-state index contributed by atoms with van der Waals surface area (Å²) in [5, 5.41) is 3.86. The van der Waals surface area contributed by atoms with Crippen molar-refractivity contribution in [2.45, 2.75) is 38.0 Å². The normalized spacial score (nSPS) is 16.9. The van der Waals surface area contributed by atoms with Gasteiger partial charge in [-0.05, 0) is 37.3 Å². The SMILES string of the molecule is Cc1cc(CSCC(=O)N(C)C2CCCc3ccccc32)on1. The number of fused-ring (bicyclic) bond motifs is 1. The van der Waals surface area contributed by atoms with Gasteiger partial charge in [0.25, 0.3) is 0 Å². The van der Waals surface area contributed by atoms with E-state index in [1.807, 2.05) is 24.9 Å². The summed E-state index contributed by atoms with van der Waals surface area (Å²) in [6.45, 7) is 1.90. The van der Waals surface area contributed by atoms with Crippen molar-refractivity contribution in [2.24, 2.45) is 0 Å². The molecule has 0 N–H and O–H groups in total. The molecule has 1 heterocycles. The van der Waals surface area contributed by atoms with Crippen molar-refractivity contribution in [3.8, 4) is 0 Å². The van der Waals surface area contributed by atoms with Gasteiger partial charge in [0.1, 0.15) is 5.76 Å². The molecule has 0 fully saturated rings. The maximum Gasteiger partial charge on any atom is 0.232 e. The Hall–Kier alpha value is -1.75. The summed E-state index contributed by atoms with van der Waals surface area (Å²) in [4.78, 5) is 14.4. The molecular weight excluding hydrogens is 308 g/mol. The maximum atomic E-state index is 12.5. The van der Waals surface area contributed by atoms with E-state index in [0.717, 1.165) is 30.7 Å². The first kappa shape index (κ1) is 16.1. The summed E-state index contributed by atoms with van der Waals surface area (Å²) < 4.78 is 5.17. The van der Waals surface area contributed by atoms with Gasteiger partial charge in [0, 0.05) is 13.1 Å². The van der Waals surface area contributed by atoms with E-state index in [1.165, 1.54) is 11.1 Å². The molecule has 1 amide bonds. The lowest BCUT2D eigenvalue weighted by Gasteiger charge is -2.33. The third kappa shape index (κ3) is 3.78. The molecule has 0 radical (unpaired) electrons. The number of benzene rings is 1. The highest BCUT2D eigenvalue weighted by Crippen LogP contribution is 2.33. The van der Waals surface area contributed by atoms with Crippen LogP contribution in [0.15, 0.2) is 34.9 Å². The van der Waals surface area contributed by atoms with Crippen molar-refractivity contribution >= 4 is 17.7 Å². The van der Waals surface area contributed by atoms with Crippen LogP contribution >= 0.6 is 11.8 Å². The molecule has 2 aromatic rings. The van der Waals surface area contributed by atoms with Crippen LogP contribution in [0.1, 0.15) is 41.5 Å². The molecule has 5 heteroatoms. The van der Waals surface area contributed by atoms with Crippen LogP contribution in [-0.4, -0.2) is 28.8 Å². The number of amides is 1. The van der Waals surface area contributed by atoms with Crippen molar-refractivity contribution in [1.82, 2.24) is 10.1 Å². The lowest BCUT2D eigenvalue weighted by atomic mass is 9.87. The highest BCUT2D eigenvalue weighted by atomic mass is 32.2. The van der Waals surface area contributed by atoms with Gasteiger partial charge in [-0.15, -0.1) is 11.8 Å². The molecule has 0 saturated heterocycles. The van der Waals surface area contributed by atoms with E-state index in [-0.39, 0.29) is 11.9 Å². The van der Waals surface area contributed by atoms with Crippen LogP contribution in [-0.2, 0) is 17.0 Å². The lowest BCUT2D eigenvalue weighted by molar-refractivity contribution is -0.129. The largest absolute Gasteiger partial charge is 0.360 e. The summed E-state index contributed by atoms with van der Waals surface area (Å²) in [6.07, 6.45) is 3.31. The molecule has 0 saturated carbocycles. The van der Waals surface area contributed by atoms with Gasteiger partial charge in [-0.1, -0.05) is 29.4 Å². The smallest absolute Gasteiger partial charge is 0.232 e. The molecule has 1 aromatic heterocycles. The van der Waals surface area contributed by atoms with Gasteiger partial charge < -0.3 is 9.42 Å². The highest BCUT2D eigenvalue weighted by molar-refractivity contribution is 7.99. The molecule has 1 aromatic carbocycles. The Morgan fingerprint density at radius 1 is 1.43 bits per heavy atom. The minimum atomic E-state index is 0.174. The van der Waals surface area contributed by atoms with E-state index in [9.17, 15) is 4.79 Å². The van der Waals surface area contributed by atoms with Crippen LogP contribution in [0.3, 0.4) is 0 Å². The average molecular weight is 330 g/mol. The van der Waals surface area contributed by atoms with Crippen molar-refractivity contribution in [1.29, 1.82) is 0 Å². The standard InChI is InChI=1S/C18H22N2O2S/c1-13-10-15(22-19-13)11-23-12-18(21)20(2)17-9-5-7-14-6-3-4-8-16(14)17/h3-4,6,8,10,17H,5,7,9,11-12H2,1-2H3. The Morgan fingerprint density at radius 2 is 2.26 bits per heavy atom. The van der Waals surface area contributed by atoms with E-state index in [1.54, 1.807) is 11.8 Å². The first-order valence-corrected chi connectivity index (χ1v) is 9.14. The van der Waals surface area contributed by atoms with Gasteiger partial charge in [0.15, 0.2) is 0 Å². The quantitative estimate of drug-likeness (QED) is 0.837. The van der Waals surface area contributed by atoms with Gasteiger partial charge in [-0.3, -0.25) is 4.79 Å². The Bertz CT molecular complexity index is 683. The fourth-order valence-corrected chi connectivity index (χ4v) is 3.95. The Kier molecular flexibility index (Phi) is 5.06. The number of carbonyl (C=O) groups is 1. The zero-order chi connectivity index (χ0) is 16.2. The first-order chi connectivity index (χ1) is 11.1. The zero-order valence-corrected chi connectivity index (χ0v) is 14.4. The van der Waals surface area contributed by atoms with Gasteiger partial charge >= 0.3 is 0 Å². The Balaban J connectivity index is 1.57. The number of aromatic nitrogens is 1. The maximum absolute atomic E-state index is 12.5. The van der Waals surface area contributed by atoms with Crippen LogP contribution in [0.4, 0.5) is 0 Å². The molecule has 1 atom stereocenters. The van der Waals surface area contributed by atoms with Gasteiger partial charge in [0.2, 0.25) is 5.91 Å².